The SMILES string of the molecule is CCOC(=O)N1CCN(C(=O)CCCCNC(=N)N)CC1. The summed E-state index contributed by atoms with van der Waals surface area (Å²) in [6.07, 6.45) is 1.74. The van der Waals surface area contributed by atoms with Gasteiger partial charge in [0.1, 0.15) is 0 Å². The molecule has 1 rings (SSSR count). The fraction of sp³-hybridized carbons (Fsp3) is 0.769. The Bertz CT molecular complexity index is 367. The molecular formula is C13H25N5O3. The summed E-state index contributed by atoms with van der Waals surface area (Å²) in [5, 5.41) is 9.71. The van der Waals surface area contributed by atoms with Gasteiger partial charge in [-0.1, -0.05) is 0 Å². The fourth-order valence-corrected chi connectivity index (χ4v) is 2.14. The number of unbranched alkanes of at least 4 members (excludes halogenated alkanes) is 1. The molecule has 1 aliphatic heterocycles. The van der Waals surface area contributed by atoms with Crippen LogP contribution in [0.3, 0.4) is 0 Å². The van der Waals surface area contributed by atoms with Crippen molar-refractivity contribution in [2.75, 3.05) is 39.3 Å². The van der Waals surface area contributed by atoms with Crippen molar-refractivity contribution in [1.82, 2.24) is 15.1 Å². The summed E-state index contributed by atoms with van der Waals surface area (Å²) in [7, 11) is 0. The van der Waals surface area contributed by atoms with E-state index in [1.807, 2.05) is 0 Å². The molecule has 120 valence electrons. The number of hydrogen-bond donors (Lipinski definition) is 3. The minimum absolute atomic E-state index is 0.0450. The lowest BCUT2D eigenvalue weighted by molar-refractivity contribution is -0.132. The third kappa shape index (κ3) is 6.33. The van der Waals surface area contributed by atoms with Gasteiger partial charge in [0.25, 0.3) is 0 Å². The van der Waals surface area contributed by atoms with E-state index in [2.05, 4.69) is 5.32 Å². The molecule has 8 heteroatoms. The lowest BCUT2D eigenvalue weighted by atomic mass is 10.2. The molecule has 0 aromatic heterocycles. The summed E-state index contributed by atoms with van der Waals surface area (Å²) in [6, 6.07) is 0. The predicted octanol–water partition coefficient (Wildman–Crippen LogP) is -0.0595. The maximum atomic E-state index is 12.0. The van der Waals surface area contributed by atoms with Crippen LogP contribution in [0.1, 0.15) is 26.2 Å². The van der Waals surface area contributed by atoms with Crippen molar-refractivity contribution in [3.63, 3.8) is 0 Å². The van der Waals surface area contributed by atoms with E-state index in [4.69, 9.17) is 15.9 Å². The molecular weight excluding hydrogens is 274 g/mol. The van der Waals surface area contributed by atoms with Gasteiger partial charge in [0, 0.05) is 39.1 Å². The second kappa shape index (κ2) is 9.04. The van der Waals surface area contributed by atoms with Crippen molar-refractivity contribution < 1.29 is 14.3 Å². The van der Waals surface area contributed by atoms with Gasteiger partial charge in [0.05, 0.1) is 6.61 Å². The van der Waals surface area contributed by atoms with Gasteiger partial charge in [-0.2, -0.15) is 0 Å². The average molecular weight is 299 g/mol. The van der Waals surface area contributed by atoms with Crippen LogP contribution in [0.25, 0.3) is 0 Å². The molecule has 0 saturated carbocycles. The van der Waals surface area contributed by atoms with Gasteiger partial charge < -0.3 is 25.6 Å². The highest BCUT2D eigenvalue weighted by Crippen LogP contribution is 2.07. The first-order valence-corrected chi connectivity index (χ1v) is 7.32. The Morgan fingerprint density at radius 2 is 1.81 bits per heavy atom. The molecule has 1 heterocycles. The normalized spacial score (nSPS) is 14.7. The van der Waals surface area contributed by atoms with E-state index < -0.39 is 0 Å². The first kappa shape index (κ1) is 17.1. The number of rotatable bonds is 6. The van der Waals surface area contributed by atoms with Gasteiger partial charge >= 0.3 is 6.09 Å². The van der Waals surface area contributed by atoms with Gasteiger partial charge in [-0.3, -0.25) is 10.2 Å². The smallest absolute Gasteiger partial charge is 0.409 e. The molecule has 0 aromatic carbocycles. The summed E-state index contributed by atoms with van der Waals surface area (Å²) in [6.45, 7) is 4.92. The maximum Gasteiger partial charge on any atom is 0.409 e. The molecule has 0 spiro atoms. The molecule has 0 aliphatic carbocycles. The van der Waals surface area contributed by atoms with Crippen LogP contribution in [0, 0.1) is 5.41 Å². The molecule has 0 radical (unpaired) electrons. The standard InChI is InChI=1S/C13H25N5O3/c1-2-21-13(20)18-9-7-17(8-10-18)11(19)5-3-4-6-16-12(14)15/h2-10H2,1H3,(H4,14,15,16). The first-order valence-electron chi connectivity index (χ1n) is 7.32. The third-order valence-electron chi connectivity index (χ3n) is 3.29. The highest BCUT2D eigenvalue weighted by Gasteiger charge is 2.24. The molecule has 0 bridgehead atoms. The molecule has 8 nitrogen and oxygen atoms in total. The summed E-state index contributed by atoms with van der Waals surface area (Å²) in [5.41, 5.74) is 5.16. The zero-order valence-corrected chi connectivity index (χ0v) is 12.6. The van der Waals surface area contributed by atoms with E-state index in [-0.39, 0.29) is 18.0 Å². The number of piperazine rings is 1. The molecule has 4 N–H and O–H groups in total. The lowest BCUT2D eigenvalue weighted by Crippen LogP contribution is -2.50. The van der Waals surface area contributed by atoms with Gasteiger partial charge in [-0.05, 0) is 19.8 Å². The maximum absolute atomic E-state index is 12.0. The van der Waals surface area contributed by atoms with Crippen molar-refractivity contribution in [2.45, 2.75) is 26.2 Å². The van der Waals surface area contributed by atoms with Crippen LogP contribution in [-0.2, 0) is 9.53 Å². The summed E-state index contributed by atoms with van der Waals surface area (Å²) < 4.78 is 4.94. The van der Waals surface area contributed by atoms with Crippen molar-refractivity contribution in [3.05, 3.63) is 0 Å². The van der Waals surface area contributed by atoms with Crippen LogP contribution < -0.4 is 11.1 Å². The van der Waals surface area contributed by atoms with Gasteiger partial charge in [0.2, 0.25) is 5.91 Å². The Morgan fingerprint density at radius 1 is 1.19 bits per heavy atom. The number of nitrogens with two attached hydrogens (primary N) is 1. The van der Waals surface area contributed by atoms with E-state index in [1.165, 1.54) is 0 Å². The number of ether oxygens (including phenoxy) is 1. The number of guanidine groups is 1. The number of nitrogens with zero attached hydrogens (tertiary/aromatic N) is 2. The first-order chi connectivity index (χ1) is 10.0. The van der Waals surface area contributed by atoms with Crippen molar-refractivity contribution in [2.24, 2.45) is 5.73 Å². The Kier molecular flexibility index (Phi) is 7.34. The monoisotopic (exact) mass is 299 g/mol. The van der Waals surface area contributed by atoms with E-state index >= 15 is 0 Å². The van der Waals surface area contributed by atoms with E-state index in [0.29, 0.717) is 45.8 Å². The van der Waals surface area contributed by atoms with Gasteiger partial charge in [0.15, 0.2) is 5.96 Å². The number of amides is 2. The van der Waals surface area contributed by atoms with Crippen LogP contribution >= 0.6 is 0 Å². The molecule has 0 aromatic rings. The van der Waals surface area contributed by atoms with Crippen LogP contribution in [0.4, 0.5) is 4.79 Å². The highest BCUT2D eigenvalue weighted by molar-refractivity contribution is 5.77. The second-order valence-corrected chi connectivity index (χ2v) is 4.86. The van der Waals surface area contributed by atoms with Crippen LogP contribution in [0.5, 0.6) is 0 Å². The van der Waals surface area contributed by atoms with Gasteiger partial charge in [-0.15, -0.1) is 0 Å². The number of carbonyl (C=O) groups excluding carboxylic acids is 2. The summed E-state index contributed by atoms with van der Waals surface area (Å²) >= 11 is 0. The number of hydrogen-bond acceptors (Lipinski definition) is 4. The van der Waals surface area contributed by atoms with Crippen molar-refractivity contribution in [1.29, 1.82) is 5.41 Å². The van der Waals surface area contributed by atoms with E-state index in [0.717, 1.165) is 12.8 Å². The summed E-state index contributed by atoms with van der Waals surface area (Å²) in [5.74, 6) is 0.0674. The van der Waals surface area contributed by atoms with Gasteiger partial charge in [-0.25, -0.2) is 4.79 Å². The minimum atomic E-state index is -0.306. The number of carbonyl (C=O) groups is 2. The quantitative estimate of drug-likeness (QED) is 0.361. The third-order valence-corrected chi connectivity index (χ3v) is 3.29. The lowest BCUT2D eigenvalue weighted by Gasteiger charge is -2.34. The fourth-order valence-electron chi connectivity index (χ4n) is 2.14. The zero-order valence-electron chi connectivity index (χ0n) is 12.6. The van der Waals surface area contributed by atoms with Crippen LogP contribution in [-0.4, -0.2) is 67.1 Å². The minimum Gasteiger partial charge on any atom is -0.450 e. The highest BCUT2D eigenvalue weighted by atomic mass is 16.6. The molecule has 1 fully saturated rings. The molecule has 21 heavy (non-hydrogen) atoms. The molecule has 2 amide bonds. The Morgan fingerprint density at radius 3 is 2.38 bits per heavy atom. The Hall–Kier alpha value is -1.99. The van der Waals surface area contributed by atoms with Crippen molar-refractivity contribution >= 4 is 18.0 Å². The Balaban J connectivity index is 2.17. The average Bonchev–Trinajstić information content (AvgIpc) is 2.46. The van der Waals surface area contributed by atoms with Crippen LogP contribution in [0.2, 0.25) is 0 Å². The largest absolute Gasteiger partial charge is 0.450 e. The molecule has 1 saturated heterocycles. The Labute approximate surface area is 125 Å². The predicted molar refractivity (Wildman–Crippen MR) is 78.9 cm³/mol. The second-order valence-electron chi connectivity index (χ2n) is 4.86. The molecule has 0 unspecified atom stereocenters. The van der Waals surface area contributed by atoms with E-state index in [9.17, 15) is 9.59 Å². The number of nitrogens with one attached hydrogen (secondary N) is 2. The zero-order chi connectivity index (χ0) is 15.7. The topological polar surface area (TPSA) is 112 Å². The molecule has 1 aliphatic rings. The van der Waals surface area contributed by atoms with Crippen molar-refractivity contribution in [3.8, 4) is 0 Å². The summed E-state index contributed by atoms with van der Waals surface area (Å²) in [4.78, 5) is 27.0. The van der Waals surface area contributed by atoms with Crippen LogP contribution in [0.15, 0.2) is 0 Å². The van der Waals surface area contributed by atoms with E-state index in [1.54, 1.807) is 16.7 Å². The molecule has 0 atom stereocenters.